The van der Waals surface area contributed by atoms with Crippen LogP contribution in [0.4, 0.5) is 5.69 Å². The standard InChI is InChI=1S/C9H8N2O3/c12-5-6-3-7-1-2-10-9(7)8(4-6)11(13)14/h1-4,10,12H,5H2. The highest BCUT2D eigenvalue weighted by molar-refractivity contribution is 5.88. The van der Waals surface area contributed by atoms with E-state index in [-0.39, 0.29) is 12.3 Å². The summed E-state index contributed by atoms with van der Waals surface area (Å²) in [6.45, 7) is -0.192. The van der Waals surface area contributed by atoms with E-state index in [1.165, 1.54) is 6.07 Å². The Kier molecular flexibility index (Phi) is 1.94. The van der Waals surface area contributed by atoms with Gasteiger partial charge >= 0.3 is 0 Å². The van der Waals surface area contributed by atoms with Crippen molar-refractivity contribution >= 4 is 16.6 Å². The molecule has 5 nitrogen and oxygen atoms in total. The Bertz CT molecular complexity index is 490. The first-order valence-corrected chi connectivity index (χ1v) is 4.07. The van der Waals surface area contributed by atoms with Gasteiger partial charge in [-0.1, -0.05) is 0 Å². The van der Waals surface area contributed by atoms with Crippen LogP contribution in [0, 0.1) is 10.1 Å². The van der Waals surface area contributed by atoms with Crippen LogP contribution in [-0.4, -0.2) is 15.0 Å². The number of non-ortho nitro benzene ring substituents is 1. The Morgan fingerprint density at radius 2 is 2.29 bits per heavy atom. The Hall–Kier alpha value is -1.88. The summed E-state index contributed by atoms with van der Waals surface area (Å²) in [7, 11) is 0. The summed E-state index contributed by atoms with van der Waals surface area (Å²) in [6.07, 6.45) is 1.64. The number of nitro benzene ring substituents is 1. The summed E-state index contributed by atoms with van der Waals surface area (Å²) >= 11 is 0. The highest BCUT2D eigenvalue weighted by Gasteiger charge is 2.13. The minimum Gasteiger partial charge on any atom is -0.392 e. The van der Waals surface area contributed by atoms with Crippen LogP contribution in [0.15, 0.2) is 24.4 Å². The number of rotatable bonds is 2. The third-order valence-electron chi connectivity index (χ3n) is 2.08. The van der Waals surface area contributed by atoms with Gasteiger partial charge in [-0.15, -0.1) is 0 Å². The smallest absolute Gasteiger partial charge is 0.293 e. The van der Waals surface area contributed by atoms with Crippen molar-refractivity contribution in [3.63, 3.8) is 0 Å². The summed E-state index contributed by atoms with van der Waals surface area (Å²) in [5, 5.41) is 20.3. The van der Waals surface area contributed by atoms with Crippen LogP contribution < -0.4 is 0 Å². The van der Waals surface area contributed by atoms with Gasteiger partial charge in [-0.2, -0.15) is 0 Å². The molecule has 2 aromatic rings. The summed E-state index contributed by atoms with van der Waals surface area (Å²) < 4.78 is 0. The maximum Gasteiger partial charge on any atom is 0.293 e. The van der Waals surface area contributed by atoms with Crippen molar-refractivity contribution in [2.45, 2.75) is 6.61 Å². The second kappa shape index (κ2) is 3.12. The second-order valence-electron chi connectivity index (χ2n) is 2.97. The van der Waals surface area contributed by atoms with Crippen LogP contribution in [-0.2, 0) is 6.61 Å². The predicted molar refractivity (Wildman–Crippen MR) is 50.9 cm³/mol. The molecule has 0 aliphatic carbocycles. The van der Waals surface area contributed by atoms with Gasteiger partial charge in [-0.25, -0.2) is 0 Å². The molecule has 0 spiro atoms. The monoisotopic (exact) mass is 192 g/mol. The van der Waals surface area contributed by atoms with Crippen LogP contribution in [0.5, 0.6) is 0 Å². The molecule has 0 fully saturated rings. The molecule has 2 N–H and O–H groups in total. The van der Waals surface area contributed by atoms with Crippen LogP contribution in [0.25, 0.3) is 10.9 Å². The Morgan fingerprint density at radius 3 is 2.93 bits per heavy atom. The summed E-state index contributed by atoms with van der Waals surface area (Å²) in [4.78, 5) is 13.0. The number of hydrogen-bond acceptors (Lipinski definition) is 3. The number of aromatic amines is 1. The van der Waals surface area contributed by atoms with Crippen molar-refractivity contribution in [3.05, 3.63) is 40.1 Å². The van der Waals surface area contributed by atoms with Gasteiger partial charge < -0.3 is 10.1 Å². The molecule has 0 aliphatic heterocycles. The summed E-state index contributed by atoms with van der Waals surface area (Å²) in [6, 6.07) is 4.83. The Balaban J connectivity index is 2.76. The van der Waals surface area contributed by atoms with Gasteiger partial charge in [0.05, 0.1) is 11.5 Å². The number of fused-ring (bicyclic) bond motifs is 1. The van der Waals surface area contributed by atoms with Gasteiger partial charge in [0.1, 0.15) is 5.52 Å². The average Bonchev–Trinajstić information content (AvgIpc) is 2.63. The number of aliphatic hydroxyl groups excluding tert-OH is 1. The van der Waals surface area contributed by atoms with E-state index in [1.807, 2.05) is 0 Å². The van der Waals surface area contributed by atoms with Crippen molar-refractivity contribution in [1.82, 2.24) is 4.98 Å². The van der Waals surface area contributed by atoms with Crippen molar-refractivity contribution in [3.8, 4) is 0 Å². The second-order valence-corrected chi connectivity index (χ2v) is 2.97. The molecule has 72 valence electrons. The van der Waals surface area contributed by atoms with Crippen molar-refractivity contribution in [1.29, 1.82) is 0 Å². The summed E-state index contributed by atoms with van der Waals surface area (Å²) in [5.41, 5.74) is 1.03. The molecular formula is C9H8N2O3. The number of hydrogen-bond donors (Lipinski definition) is 2. The zero-order valence-electron chi connectivity index (χ0n) is 7.23. The quantitative estimate of drug-likeness (QED) is 0.559. The minimum atomic E-state index is -0.460. The SMILES string of the molecule is O=[N+]([O-])c1cc(CO)cc2cc[nH]c12. The molecule has 2 rings (SSSR count). The van der Waals surface area contributed by atoms with E-state index in [2.05, 4.69) is 4.98 Å². The molecule has 1 aromatic carbocycles. The first kappa shape index (κ1) is 8.71. The molecule has 0 bridgehead atoms. The van der Waals surface area contributed by atoms with Crippen molar-refractivity contribution in [2.24, 2.45) is 0 Å². The van der Waals surface area contributed by atoms with Gasteiger partial charge in [0, 0.05) is 17.6 Å². The van der Waals surface area contributed by atoms with E-state index in [4.69, 9.17) is 5.11 Å². The van der Waals surface area contributed by atoms with Gasteiger partial charge in [0.25, 0.3) is 5.69 Å². The van der Waals surface area contributed by atoms with E-state index in [0.717, 1.165) is 5.39 Å². The Morgan fingerprint density at radius 1 is 1.50 bits per heavy atom. The fourth-order valence-electron chi connectivity index (χ4n) is 1.45. The van der Waals surface area contributed by atoms with Crippen molar-refractivity contribution in [2.75, 3.05) is 0 Å². The molecule has 5 heteroatoms. The van der Waals surface area contributed by atoms with E-state index >= 15 is 0 Å². The lowest BCUT2D eigenvalue weighted by atomic mass is 10.1. The van der Waals surface area contributed by atoms with Crippen LogP contribution in [0.1, 0.15) is 5.56 Å². The lowest BCUT2D eigenvalue weighted by Gasteiger charge is -1.98. The van der Waals surface area contributed by atoms with E-state index in [1.54, 1.807) is 18.3 Å². The molecule has 0 saturated carbocycles. The lowest BCUT2D eigenvalue weighted by molar-refractivity contribution is -0.383. The molecule has 0 atom stereocenters. The number of benzene rings is 1. The minimum absolute atomic E-state index is 0.00319. The predicted octanol–water partition coefficient (Wildman–Crippen LogP) is 1.57. The largest absolute Gasteiger partial charge is 0.392 e. The topological polar surface area (TPSA) is 79.2 Å². The Labute approximate surface area is 79.1 Å². The molecule has 0 amide bonds. The first-order valence-electron chi connectivity index (χ1n) is 4.07. The van der Waals surface area contributed by atoms with Crippen LogP contribution >= 0.6 is 0 Å². The zero-order valence-corrected chi connectivity index (χ0v) is 7.23. The molecule has 14 heavy (non-hydrogen) atoms. The van der Waals surface area contributed by atoms with Crippen molar-refractivity contribution < 1.29 is 10.0 Å². The fraction of sp³-hybridized carbons (Fsp3) is 0.111. The van der Waals surface area contributed by atoms with Gasteiger partial charge in [-0.05, 0) is 17.7 Å². The number of nitrogens with zero attached hydrogens (tertiary/aromatic N) is 1. The average molecular weight is 192 g/mol. The maximum absolute atomic E-state index is 10.7. The molecule has 0 radical (unpaired) electrons. The summed E-state index contributed by atoms with van der Waals surface area (Å²) in [5.74, 6) is 0. The normalized spacial score (nSPS) is 10.6. The molecule has 1 aromatic heterocycles. The highest BCUT2D eigenvalue weighted by atomic mass is 16.6. The molecule has 1 heterocycles. The third kappa shape index (κ3) is 1.23. The van der Waals surface area contributed by atoms with Crippen LogP contribution in [0.2, 0.25) is 0 Å². The van der Waals surface area contributed by atoms with E-state index in [9.17, 15) is 10.1 Å². The highest BCUT2D eigenvalue weighted by Crippen LogP contribution is 2.25. The number of H-pyrrole nitrogens is 1. The lowest BCUT2D eigenvalue weighted by Crippen LogP contribution is -1.92. The zero-order chi connectivity index (χ0) is 10.1. The van der Waals surface area contributed by atoms with Gasteiger partial charge in [0.15, 0.2) is 0 Å². The van der Waals surface area contributed by atoms with Gasteiger partial charge in [-0.3, -0.25) is 10.1 Å². The number of nitro groups is 1. The molecular weight excluding hydrogens is 184 g/mol. The first-order chi connectivity index (χ1) is 6.72. The molecule has 0 saturated heterocycles. The van der Waals surface area contributed by atoms with E-state index < -0.39 is 4.92 Å². The number of aliphatic hydroxyl groups is 1. The van der Waals surface area contributed by atoms with Crippen LogP contribution in [0.3, 0.4) is 0 Å². The molecule has 0 unspecified atom stereocenters. The molecule has 0 aliphatic rings. The maximum atomic E-state index is 10.7. The fourth-order valence-corrected chi connectivity index (χ4v) is 1.45. The third-order valence-corrected chi connectivity index (χ3v) is 2.08. The number of nitrogens with one attached hydrogen (secondary N) is 1. The van der Waals surface area contributed by atoms with E-state index in [0.29, 0.717) is 11.1 Å². The number of aromatic nitrogens is 1. The van der Waals surface area contributed by atoms with Gasteiger partial charge in [0.2, 0.25) is 0 Å².